The summed E-state index contributed by atoms with van der Waals surface area (Å²) >= 11 is 5.89. The van der Waals surface area contributed by atoms with Crippen LogP contribution in [0.3, 0.4) is 0 Å². The molecule has 1 spiro atoms. The predicted octanol–water partition coefficient (Wildman–Crippen LogP) is 2.22. The van der Waals surface area contributed by atoms with Gasteiger partial charge in [-0.05, 0) is 30.5 Å². The molecule has 0 aromatic heterocycles. The SMILES string of the molecule is O=C(CCc1ccc(Cl)cc1)N1CC[C@@]23OCCCN2C(=O)C[C@@H]13. The number of carbonyl (C=O) groups is 2. The van der Waals surface area contributed by atoms with Crippen molar-refractivity contribution in [3.63, 3.8) is 0 Å². The Bertz CT molecular complexity index is 663. The molecule has 6 heteroatoms. The van der Waals surface area contributed by atoms with E-state index in [1.54, 1.807) is 0 Å². The van der Waals surface area contributed by atoms with Crippen LogP contribution in [0.15, 0.2) is 24.3 Å². The van der Waals surface area contributed by atoms with E-state index in [-0.39, 0.29) is 17.9 Å². The number of likely N-dealkylation sites (tertiary alicyclic amines) is 1. The van der Waals surface area contributed by atoms with Crippen molar-refractivity contribution in [3.05, 3.63) is 34.9 Å². The second-order valence-electron chi connectivity index (χ2n) is 6.78. The van der Waals surface area contributed by atoms with Crippen LogP contribution in [0.4, 0.5) is 0 Å². The van der Waals surface area contributed by atoms with Crippen molar-refractivity contribution < 1.29 is 14.3 Å². The van der Waals surface area contributed by atoms with Gasteiger partial charge in [0.15, 0.2) is 5.72 Å². The fraction of sp³-hybridized carbons (Fsp3) is 0.556. The third-order valence-electron chi connectivity index (χ3n) is 5.47. The minimum absolute atomic E-state index is 0.107. The predicted molar refractivity (Wildman–Crippen MR) is 89.5 cm³/mol. The van der Waals surface area contributed by atoms with Gasteiger partial charge < -0.3 is 14.5 Å². The highest BCUT2D eigenvalue weighted by atomic mass is 35.5. The number of halogens is 1. The van der Waals surface area contributed by atoms with Gasteiger partial charge >= 0.3 is 0 Å². The van der Waals surface area contributed by atoms with E-state index in [1.165, 1.54) is 0 Å². The van der Waals surface area contributed by atoms with Gasteiger partial charge in [0.2, 0.25) is 11.8 Å². The quantitative estimate of drug-likeness (QED) is 0.841. The van der Waals surface area contributed by atoms with Crippen molar-refractivity contribution in [2.45, 2.75) is 43.9 Å². The zero-order valence-corrected chi connectivity index (χ0v) is 14.3. The number of aryl methyl sites for hydroxylation is 1. The molecule has 24 heavy (non-hydrogen) atoms. The summed E-state index contributed by atoms with van der Waals surface area (Å²) in [5, 5.41) is 0.700. The van der Waals surface area contributed by atoms with Crippen molar-refractivity contribution in [3.8, 4) is 0 Å². The van der Waals surface area contributed by atoms with Crippen LogP contribution in [0.25, 0.3) is 0 Å². The second-order valence-corrected chi connectivity index (χ2v) is 7.21. The summed E-state index contributed by atoms with van der Waals surface area (Å²) in [4.78, 5) is 28.8. The van der Waals surface area contributed by atoms with Gasteiger partial charge in [0.1, 0.15) is 0 Å². The van der Waals surface area contributed by atoms with Crippen molar-refractivity contribution in [2.75, 3.05) is 19.7 Å². The molecule has 3 fully saturated rings. The minimum atomic E-state index is -0.550. The van der Waals surface area contributed by atoms with Crippen molar-refractivity contribution in [1.29, 1.82) is 0 Å². The molecule has 3 saturated heterocycles. The lowest BCUT2D eigenvalue weighted by atomic mass is 10.0. The van der Waals surface area contributed by atoms with Crippen LogP contribution in [0, 0.1) is 0 Å². The first-order chi connectivity index (χ1) is 11.6. The summed E-state index contributed by atoms with van der Waals surface area (Å²) in [5.41, 5.74) is 0.547. The van der Waals surface area contributed by atoms with Crippen LogP contribution in [-0.4, -0.2) is 53.1 Å². The van der Waals surface area contributed by atoms with Crippen LogP contribution >= 0.6 is 11.6 Å². The fourth-order valence-corrected chi connectivity index (χ4v) is 4.42. The molecule has 0 N–H and O–H groups in total. The van der Waals surface area contributed by atoms with Crippen molar-refractivity contribution >= 4 is 23.4 Å². The maximum atomic E-state index is 12.7. The molecule has 1 aromatic carbocycles. The van der Waals surface area contributed by atoms with Crippen LogP contribution in [0.2, 0.25) is 5.02 Å². The molecule has 5 nitrogen and oxygen atoms in total. The molecule has 0 aliphatic carbocycles. The van der Waals surface area contributed by atoms with Gasteiger partial charge in [0.05, 0.1) is 19.1 Å². The first-order valence-electron chi connectivity index (χ1n) is 8.58. The molecule has 4 rings (SSSR count). The summed E-state index contributed by atoms with van der Waals surface area (Å²) < 4.78 is 6.04. The molecule has 3 aliphatic heterocycles. The Morgan fingerprint density at radius 2 is 2.08 bits per heavy atom. The van der Waals surface area contributed by atoms with Crippen LogP contribution in [0.5, 0.6) is 0 Å². The topological polar surface area (TPSA) is 49.9 Å². The van der Waals surface area contributed by atoms with Crippen LogP contribution < -0.4 is 0 Å². The summed E-state index contributed by atoms with van der Waals surface area (Å²) in [6.45, 7) is 2.10. The number of amides is 2. The Morgan fingerprint density at radius 1 is 1.29 bits per heavy atom. The summed E-state index contributed by atoms with van der Waals surface area (Å²) in [6.07, 6.45) is 3.14. The Balaban J connectivity index is 1.44. The normalized spacial score (nSPS) is 28.9. The first-order valence-corrected chi connectivity index (χ1v) is 8.96. The van der Waals surface area contributed by atoms with E-state index in [1.807, 2.05) is 34.1 Å². The lowest BCUT2D eigenvalue weighted by molar-refractivity contribution is -0.181. The first kappa shape index (κ1) is 15.9. The number of ether oxygens (including phenoxy) is 1. The third-order valence-corrected chi connectivity index (χ3v) is 5.72. The summed E-state index contributed by atoms with van der Waals surface area (Å²) in [6, 6.07) is 7.46. The van der Waals surface area contributed by atoms with Gasteiger partial charge in [0, 0.05) is 31.0 Å². The number of carbonyl (C=O) groups excluding carboxylic acids is 2. The molecule has 0 bridgehead atoms. The monoisotopic (exact) mass is 348 g/mol. The molecule has 2 amide bonds. The van der Waals surface area contributed by atoms with E-state index in [0.29, 0.717) is 37.4 Å². The minimum Gasteiger partial charge on any atom is -0.353 e. The van der Waals surface area contributed by atoms with Crippen molar-refractivity contribution in [2.24, 2.45) is 0 Å². The average molecular weight is 349 g/mol. The van der Waals surface area contributed by atoms with E-state index in [4.69, 9.17) is 16.3 Å². The zero-order valence-electron chi connectivity index (χ0n) is 13.5. The molecule has 3 heterocycles. The Labute approximate surface area is 146 Å². The molecule has 1 aromatic rings. The largest absolute Gasteiger partial charge is 0.353 e. The average Bonchev–Trinajstić information content (AvgIpc) is 3.06. The Morgan fingerprint density at radius 3 is 2.88 bits per heavy atom. The maximum Gasteiger partial charge on any atom is 0.227 e. The lowest BCUT2D eigenvalue weighted by Crippen LogP contribution is -2.56. The Hall–Kier alpha value is -1.59. The molecule has 2 atom stereocenters. The number of hydrogen-bond donors (Lipinski definition) is 0. The van der Waals surface area contributed by atoms with Crippen LogP contribution in [0.1, 0.15) is 31.2 Å². The lowest BCUT2D eigenvalue weighted by Gasteiger charge is -2.42. The number of nitrogens with zero attached hydrogens (tertiary/aromatic N) is 2. The molecule has 0 unspecified atom stereocenters. The van der Waals surface area contributed by atoms with Gasteiger partial charge in [-0.15, -0.1) is 0 Å². The smallest absolute Gasteiger partial charge is 0.227 e. The second kappa shape index (κ2) is 6.05. The summed E-state index contributed by atoms with van der Waals surface area (Å²) in [5.74, 6) is 0.227. The van der Waals surface area contributed by atoms with Gasteiger partial charge in [0.25, 0.3) is 0 Å². The van der Waals surface area contributed by atoms with Crippen LogP contribution in [-0.2, 0) is 20.7 Å². The summed E-state index contributed by atoms with van der Waals surface area (Å²) in [7, 11) is 0. The highest BCUT2D eigenvalue weighted by Crippen LogP contribution is 2.45. The Kier molecular flexibility index (Phi) is 4.01. The van der Waals surface area contributed by atoms with Crippen molar-refractivity contribution in [1.82, 2.24) is 9.80 Å². The zero-order chi connectivity index (χ0) is 16.7. The maximum absolute atomic E-state index is 12.7. The van der Waals surface area contributed by atoms with E-state index < -0.39 is 5.72 Å². The van der Waals surface area contributed by atoms with Gasteiger partial charge in [-0.1, -0.05) is 23.7 Å². The third kappa shape index (κ3) is 2.50. The molecule has 128 valence electrons. The van der Waals surface area contributed by atoms with E-state index in [9.17, 15) is 9.59 Å². The number of hydrogen-bond acceptors (Lipinski definition) is 3. The van der Waals surface area contributed by atoms with E-state index in [0.717, 1.165) is 24.9 Å². The van der Waals surface area contributed by atoms with Gasteiger partial charge in [-0.25, -0.2) is 0 Å². The number of benzene rings is 1. The van der Waals surface area contributed by atoms with E-state index in [2.05, 4.69) is 0 Å². The molecular weight excluding hydrogens is 328 g/mol. The molecule has 0 radical (unpaired) electrons. The molecule has 3 aliphatic rings. The van der Waals surface area contributed by atoms with Gasteiger partial charge in [-0.3, -0.25) is 9.59 Å². The number of rotatable bonds is 3. The van der Waals surface area contributed by atoms with E-state index >= 15 is 0 Å². The fourth-order valence-electron chi connectivity index (χ4n) is 4.29. The highest BCUT2D eigenvalue weighted by molar-refractivity contribution is 6.30. The molecule has 0 saturated carbocycles. The molecular formula is C18H21ClN2O3. The highest BCUT2D eigenvalue weighted by Gasteiger charge is 2.61. The standard InChI is InChI=1S/C18H21ClN2O3/c19-14-5-2-13(3-6-14)4-7-16(22)20-10-8-18-15(20)12-17(23)21(18)9-1-11-24-18/h2-3,5-6,15H,1,4,7-12H2/t15-,18+/m1/s1. The van der Waals surface area contributed by atoms with Gasteiger partial charge in [-0.2, -0.15) is 0 Å².